The highest BCUT2D eigenvalue weighted by atomic mass is 32.2. The van der Waals surface area contributed by atoms with E-state index in [0.717, 1.165) is 12.8 Å². The third-order valence-electron chi connectivity index (χ3n) is 3.70. The molecule has 21 heavy (non-hydrogen) atoms. The van der Waals surface area contributed by atoms with Gasteiger partial charge in [-0.15, -0.1) is 0 Å². The molecule has 0 amide bonds. The lowest BCUT2D eigenvalue weighted by molar-refractivity contribution is 0.0589. The minimum absolute atomic E-state index is 0.0797. The highest BCUT2D eigenvalue weighted by molar-refractivity contribution is 7.89. The number of hydrogen-bond acceptors (Lipinski definition) is 5. The van der Waals surface area contributed by atoms with Crippen LogP contribution in [0.3, 0.4) is 0 Å². The van der Waals surface area contributed by atoms with Crippen molar-refractivity contribution in [1.82, 2.24) is 9.29 Å². The molecule has 118 valence electrons. The molecule has 1 aromatic heterocycles. The van der Waals surface area contributed by atoms with Crippen LogP contribution in [0.5, 0.6) is 0 Å². The zero-order valence-corrected chi connectivity index (χ0v) is 13.2. The number of ether oxygens (including phenoxy) is 2. The summed E-state index contributed by atoms with van der Waals surface area (Å²) < 4.78 is 38.8. The lowest BCUT2D eigenvalue weighted by atomic mass is 10.2. The van der Waals surface area contributed by atoms with E-state index < -0.39 is 16.0 Å². The molecule has 1 N–H and O–H groups in total. The number of methoxy groups -OCH3 is 1. The summed E-state index contributed by atoms with van der Waals surface area (Å²) in [5.41, 5.74) is 0.683. The van der Waals surface area contributed by atoms with E-state index in [1.54, 1.807) is 14.0 Å². The predicted octanol–water partition coefficient (Wildman–Crippen LogP) is 0.577. The van der Waals surface area contributed by atoms with Crippen molar-refractivity contribution < 1.29 is 22.7 Å². The van der Waals surface area contributed by atoms with Crippen LogP contribution in [-0.4, -0.2) is 45.3 Å². The fourth-order valence-electron chi connectivity index (χ4n) is 2.33. The van der Waals surface area contributed by atoms with Gasteiger partial charge in [0.05, 0.1) is 13.2 Å². The molecule has 8 heteroatoms. The number of aromatic nitrogens is 1. The number of esters is 1. The second kappa shape index (κ2) is 6.17. The second-order valence-electron chi connectivity index (χ2n) is 5.02. The summed E-state index contributed by atoms with van der Waals surface area (Å²) in [6.45, 7) is 2.56. The van der Waals surface area contributed by atoms with Gasteiger partial charge in [-0.2, -0.15) is 0 Å². The summed E-state index contributed by atoms with van der Waals surface area (Å²) >= 11 is 0. The van der Waals surface area contributed by atoms with Crippen molar-refractivity contribution >= 4 is 16.0 Å². The maximum absolute atomic E-state index is 12.4. The van der Waals surface area contributed by atoms with Gasteiger partial charge in [0, 0.05) is 25.9 Å². The van der Waals surface area contributed by atoms with Crippen molar-refractivity contribution in [1.29, 1.82) is 0 Å². The van der Waals surface area contributed by atoms with Gasteiger partial charge < -0.3 is 14.0 Å². The molecule has 1 fully saturated rings. The zero-order chi connectivity index (χ0) is 15.6. The fourth-order valence-corrected chi connectivity index (χ4v) is 3.68. The quantitative estimate of drug-likeness (QED) is 0.803. The van der Waals surface area contributed by atoms with Gasteiger partial charge in [-0.3, -0.25) is 0 Å². The first-order valence-corrected chi connectivity index (χ1v) is 8.21. The highest BCUT2D eigenvalue weighted by Crippen LogP contribution is 2.20. The summed E-state index contributed by atoms with van der Waals surface area (Å²) in [4.78, 5) is 11.7. The Bertz CT molecular complexity index is 629. The second-order valence-corrected chi connectivity index (χ2v) is 6.75. The molecule has 0 spiro atoms. The largest absolute Gasteiger partial charge is 0.464 e. The molecule has 2 rings (SSSR count). The van der Waals surface area contributed by atoms with Gasteiger partial charge in [0.15, 0.2) is 0 Å². The topological polar surface area (TPSA) is 86.6 Å². The van der Waals surface area contributed by atoms with Crippen molar-refractivity contribution in [2.75, 3.05) is 20.3 Å². The van der Waals surface area contributed by atoms with Crippen LogP contribution in [-0.2, 0) is 26.5 Å². The van der Waals surface area contributed by atoms with E-state index in [9.17, 15) is 13.2 Å². The van der Waals surface area contributed by atoms with Crippen LogP contribution >= 0.6 is 0 Å². The van der Waals surface area contributed by atoms with Crippen LogP contribution in [0.1, 0.15) is 29.0 Å². The normalized spacial score (nSPS) is 18.9. The Labute approximate surface area is 124 Å². The number of hydrogen-bond donors (Lipinski definition) is 1. The number of sulfonamides is 1. The summed E-state index contributed by atoms with van der Waals surface area (Å²) in [5, 5.41) is 0. The van der Waals surface area contributed by atoms with Crippen LogP contribution in [0.2, 0.25) is 0 Å². The van der Waals surface area contributed by atoms with Gasteiger partial charge in [0.25, 0.3) is 0 Å². The first-order chi connectivity index (χ1) is 9.86. The maximum Gasteiger partial charge on any atom is 0.354 e. The Hall–Kier alpha value is -1.38. The van der Waals surface area contributed by atoms with E-state index in [1.165, 1.54) is 17.7 Å². The van der Waals surface area contributed by atoms with Crippen molar-refractivity contribution in [3.63, 3.8) is 0 Å². The Morgan fingerprint density at radius 3 is 2.86 bits per heavy atom. The summed E-state index contributed by atoms with van der Waals surface area (Å²) in [5.74, 6) is -0.568. The third-order valence-corrected chi connectivity index (χ3v) is 5.24. The SMILES string of the molecule is COC(=O)c1cc(S(=O)(=O)NCC2CCCO2)c(C)n1C. The molecule has 1 aliphatic heterocycles. The molecule has 7 nitrogen and oxygen atoms in total. The molecular weight excluding hydrogens is 296 g/mol. The molecule has 0 aliphatic carbocycles. The van der Waals surface area contributed by atoms with Crippen LogP contribution in [0.25, 0.3) is 0 Å². The van der Waals surface area contributed by atoms with E-state index in [2.05, 4.69) is 9.46 Å². The average molecular weight is 316 g/mol. The molecule has 1 unspecified atom stereocenters. The lowest BCUT2D eigenvalue weighted by Crippen LogP contribution is -2.32. The average Bonchev–Trinajstić information content (AvgIpc) is 3.06. The van der Waals surface area contributed by atoms with Crippen molar-refractivity contribution in [3.05, 3.63) is 17.5 Å². The van der Waals surface area contributed by atoms with Gasteiger partial charge in [-0.1, -0.05) is 0 Å². The van der Waals surface area contributed by atoms with Crippen molar-refractivity contribution in [2.45, 2.75) is 30.8 Å². The number of nitrogens with one attached hydrogen (secondary N) is 1. The van der Waals surface area contributed by atoms with Gasteiger partial charge in [-0.05, 0) is 25.8 Å². The maximum atomic E-state index is 12.4. The monoisotopic (exact) mass is 316 g/mol. The smallest absolute Gasteiger partial charge is 0.354 e. The van der Waals surface area contributed by atoms with Gasteiger partial charge in [0.1, 0.15) is 10.6 Å². The number of carbonyl (C=O) groups excluding carboxylic acids is 1. The summed E-state index contributed by atoms with van der Waals surface area (Å²) in [6, 6.07) is 1.33. The Balaban J connectivity index is 2.21. The number of nitrogens with zero attached hydrogens (tertiary/aromatic N) is 1. The zero-order valence-electron chi connectivity index (χ0n) is 12.4. The molecule has 1 aliphatic rings. The molecule has 1 atom stereocenters. The summed E-state index contributed by atoms with van der Waals surface area (Å²) in [6.07, 6.45) is 1.72. The van der Waals surface area contributed by atoms with E-state index in [4.69, 9.17) is 4.74 Å². The third kappa shape index (κ3) is 3.28. The Morgan fingerprint density at radius 1 is 1.57 bits per heavy atom. The van der Waals surface area contributed by atoms with Gasteiger partial charge in [0.2, 0.25) is 10.0 Å². The molecular formula is C13H20N2O5S. The van der Waals surface area contributed by atoms with E-state index >= 15 is 0 Å². The first kappa shape index (κ1) is 16.0. The van der Waals surface area contributed by atoms with Crippen molar-refractivity contribution in [2.24, 2.45) is 7.05 Å². The fraction of sp³-hybridized carbons (Fsp3) is 0.615. The molecule has 0 bridgehead atoms. The first-order valence-electron chi connectivity index (χ1n) is 6.72. The number of carbonyl (C=O) groups is 1. The standard InChI is InChI=1S/C13H20N2O5S/c1-9-12(7-11(15(9)2)13(16)19-3)21(17,18)14-8-10-5-4-6-20-10/h7,10,14H,4-6,8H2,1-3H3. The van der Waals surface area contributed by atoms with Crippen LogP contribution in [0.4, 0.5) is 0 Å². The Morgan fingerprint density at radius 2 is 2.29 bits per heavy atom. The van der Waals surface area contributed by atoms with Gasteiger partial charge in [-0.25, -0.2) is 17.9 Å². The molecule has 1 saturated heterocycles. The number of rotatable bonds is 5. The van der Waals surface area contributed by atoms with E-state index in [-0.39, 0.29) is 23.2 Å². The highest BCUT2D eigenvalue weighted by Gasteiger charge is 2.26. The molecule has 0 saturated carbocycles. The van der Waals surface area contributed by atoms with Crippen LogP contribution in [0.15, 0.2) is 11.0 Å². The Kier molecular flexibility index (Phi) is 4.70. The van der Waals surface area contributed by atoms with Crippen LogP contribution < -0.4 is 4.72 Å². The molecule has 2 heterocycles. The predicted molar refractivity (Wildman–Crippen MR) is 75.7 cm³/mol. The van der Waals surface area contributed by atoms with Gasteiger partial charge >= 0.3 is 5.97 Å². The molecule has 1 aromatic rings. The van der Waals surface area contributed by atoms with E-state index in [0.29, 0.717) is 12.3 Å². The van der Waals surface area contributed by atoms with Crippen LogP contribution in [0, 0.1) is 6.92 Å². The van der Waals surface area contributed by atoms with Crippen molar-refractivity contribution in [3.8, 4) is 0 Å². The minimum Gasteiger partial charge on any atom is -0.464 e. The molecule has 0 radical (unpaired) electrons. The van der Waals surface area contributed by atoms with E-state index in [1.807, 2.05) is 0 Å². The summed E-state index contributed by atoms with van der Waals surface area (Å²) in [7, 11) is -0.796. The molecule has 0 aromatic carbocycles. The minimum atomic E-state index is -3.68. The lowest BCUT2D eigenvalue weighted by Gasteiger charge is -2.11.